The average Bonchev–Trinajstić information content (AvgIpc) is 2.64. The number of rotatable bonds is 4. The molecule has 17 heavy (non-hydrogen) atoms. The van der Waals surface area contributed by atoms with Crippen LogP contribution in [0.25, 0.3) is 0 Å². The third kappa shape index (κ3) is 7.02. The van der Waals surface area contributed by atoms with Crippen molar-refractivity contribution in [1.29, 1.82) is 0 Å². The Morgan fingerprint density at radius 3 is 2.06 bits per heavy atom. The third-order valence-electron chi connectivity index (χ3n) is 3.32. The second-order valence-corrected chi connectivity index (χ2v) is 6.16. The fourth-order valence-corrected chi connectivity index (χ4v) is 2.46. The van der Waals surface area contributed by atoms with E-state index < -0.39 is 0 Å². The highest BCUT2D eigenvalue weighted by atomic mass is 15.1. The van der Waals surface area contributed by atoms with Crippen LogP contribution in [0, 0.1) is 11.8 Å². The highest BCUT2D eigenvalue weighted by Gasteiger charge is 2.16. The van der Waals surface area contributed by atoms with Crippen LogP contribution >= 0.6 is 0 Å². The first-order chi connectivity index (χ1) is 8.08. The summed E-state index contributed by atoms with van der Waals surface area (Å²) in [6, 6.07) is 1.39. The SMILES string of the molecule is CC(C)CC1CCNC1.CC(C)NC1CNC1. The van der Waals surface area contributed by atoms with E-state index in [-0.39, 0.29) is 0 Å². The third-order valence-corrected chi connectivity index (χ3v) is 3.32. The van der Waals surface area contributed by atoms with Gasteiger partial charge in [-0.2, -0.15) is 0 Å². The summed E-state index contributed by atoms with van der Waals surface area (Å²) in [5.41, 5.74) is 0. The predicted octanol–water partition coefficient (Wildman–Crippen LogP) is 1.60. The predicted molar refractivity (Wildman–Crippen MR) is 75.4 cm³/mol. The van der Waals surface area contributed by atoms with Gasteiger partial charge >= 0.3 is 0 Å². The largest absolute Gasteiger partial charge is 0.316 e. The summed E-state index contributed by atoms with van der Waals surface area (Å²) in [7, 11) is 0. The van der Waals surface area contributed by atoms with Crippen LogP contribution in [0.1, 0.15) is 40.5 Å². The van der Waals surface area contributed by atoms with Crippen LogP contribution in [-0.4, -0.2) is 38.3 Å². The molecular weight excluding hydrogens is 210 g/mol. The molecular formula is C14H31N3. The van der Waals surface area contributed by atoms with Crippen molar-refractivity contribution < 1.29 is 0 Å². The fourth-order valence-electron chi connectivity index (χ4n) is 2.46. The molecule has 2 rings (SSSR count). The van der Waals surface area contributed by atoms with E-state index in [0.717, 1.165) is 31.0 Å². The van der Waals surface area contributed by atoms with Crippen LogP contribution in [0.3, 0.4) is 0 Å². The molecule has 3 nitrogen and oxygen atoms in total. The van der Waals surface area contributed by atoms with Gasteiger partial charge in [-0.25, -0.2) is 0 Å². The maximum atomic E-state index is 3.42. The van der Waals surface area contributed by atoms with Crippen LogP contribution < -0.4 is 16.0 Å². The zero-order valence-corrected chi connectivity index (χ0v) is 12.1. The molecule has 0 aromatic rings. The molecule has 2 fully saturated rings. The average molecular weight is 241 g/mol. The lowest BCUT2D eigenvalue weighted by Gasteiger charge is -2.29. The highest BCUT2D eigenvalue weighted by Crippen LogP contribution is 2.17. The second kappa shape index (κ2) is 8.06. The van der Waals surface area contributed by atoms with E-state index in [0.29, 0.717) is 6.04 Å². The van der Waals surface area contributed by atoms with Crippen molar-refractivity contribution in [2.75, 3.05) is 26.2 Å². The molecule has 3 heteroatoms. The zero-order chi connectivity index (χ0) is 12.7. The molecule has 0 aromatic heterocycles. The van der Waals surface area contributed by atoms with Crippen LogP contribution in [-0.2, 0) is 0 Å². The Morgan fingerprint density at radius 2 is 1.76 bits per heavy atom. The van der Waals surface area contributed by atoms with E-state index >= 15 is 0 Å². The van der Waals surface area contributed by atoms with E-state index in [9.17, 15) is 0 Å². The molecule has 0 radical (unpaired) electrons. The molecule has 0 aliphatic carbocycles. The van der Waals surface area contributed by atoms with E-state index in [1.807, 2.05) is 0 Å². The molecule has 0 spiro atoms. The lowest BCUT2D eigenvalue weighted by Crippen LogP contribution is -2.57. The van der Waals surface area contributed by atoms with Gasteiger partial charge in [0.2, 0.25) is 0 Å². The topological polar surface area (TPSA) is 36.1 Å². The van der Waals surface area contributed by atoms with Gasteiger partial charge in [-0.3, -0.25) is 0 Å². The Labute approximate surface area is 107 Å². The van der Waals surface area contributed by atoms with Gasteiger partial charge in [-0.15, -0.1) is 0 Å². The minimum absolute atomic E-state index is 0.641. The molecule has 1 unspecified atom stereocenters. The summed E-state index contributed by atoms with van der Waals surface area (Å²) in [6.07, 6.45) is 2.81. The van der Waals surface area contributed by atoms with Crippen molar-refractivity contribution in [2.45, 2.75) is 52.6 Å². The van der Waals surface area contributed by atoms with Gasteiger partial charge in [0.25, 0.3) is 0 Å². The quantitative estimate of drug-likeness (QED) is 0.700. The van der Waals surface area contributed by atoms with Gasteiger partial charge in [-0.05, 0) is 37.8 Å². The van der Waals surface area contributed by atoms with Crippen molar-refractivity contribution in [3.05, 3.63) is 0 Å². The van der Waals surface area contributed by atoms with Crippen molar-refractivity contribution in [3.8, 4) is 0 Å². The van der Waals surface area contributed by atoms with Crippen molar-refractivity contribution in [1.82, 2.24) is 16.0 Å². The zero-order valence-electron chi connectivity index (χ0n) is 12.1. The molecule has 2 saturated heterocycles. The Kier molecular flexibility index (Phi) is 7.09. The first-order valence-electron chi connectivity index (χ1n) is 7.25. The maximum absolute atomic E-state index is 3.42. The van der Waals surface area contributed by atoms with Crippen LogP contribution in [0.4, 0.5) is 0 Å². The van der Waals surface area contributed by atoms with Crippen LogP contribution in [0.2, 0.25) is 0 Å². The number of hydrogen-bond donors (Lipinski definition) is 3. The Hall–Kier alpha value is -0.120. The van der Waals surface area contributed by atoms with Gasteiger partial charge in [-0.1, -0.05) is 27.7 Å². The highest BCUT2D eigenvalue weighted by molar-refractivity contribution is 4.82. The molecule has 2 heterocycles. The lowest BCUT2D eigenvalue weighted by atomic mass is 9.97. The molecule has 102 valence electrons. The molecule has 1 atom stereocenters. The standard InChI is InChI=1S/C8H17N.C6H14N2/c1-7(2)5-8-3-4-9-6-8;1-5(2)8-6-3-7-4-6/h7-9H,3-6H2,1-2H3;5-8H,3-4H2,1-2H3. The monoisotopic (exact) mass is 241 g/mol. The molecule has 0 saturated carbocycles. The van der Waals surface area contributed by atoms with E-state index in [1.54, 1.807) is 0 Å². The van der Waals surface area contributed by atoms with Crippen LogP contribution in [0.15, 0.2) is 0 Å². The first-order valence-corrected chi connectivity index (χ1v) is 7.25. The number of nitrogens with one attached hydrogen (secondary N) is 3. The maximum Gasteiger partial charge on any atom is 0.0319 e. The van der Waals surface area contributed by atoms with Gasteiger partial charge in [0, 0.05) is 25.2 Å². The van der Waals surface area contributed by atoms with E-state index in [2.05, 4.69) is 43.6 Å². The normalized spacial score (nSPS) is 24.7. The molecule has 2 aliphatic rings. The molecule has 3 N–H and O–H groups in total. The van der Waals surface area contributed by atoms with E-state index in [1.165, 1.54) is 25.9 Å². The summed E-state index contributed by atoms with van der Waals surface area (Å²) < 4.78 is 0. The minimum Gasteiger partial charge on any atom is -0.316 e. The molecule has 2 aliphatic heterocycles. The fraction of sp³-hybridized carbons (Fsp3) is 1.00. The smallest absolute Gasteiger partial charge is 0.0319 e. The molecule has 0 aromatic carbocycles. The first kappa shape index (κ1) is 14.9. The van der Waals surface area contributed by atoms with Crippen molar-refractivity contribution in [3.63, 3.8) is 0 Å². The Bertz CT molecular complexity index is 182. The second-order valence-electron chi connectivity index (χ2n) is 6.16. The molecule has 0 amide bonds. The summed E-state index contributed by atoms with van der Waals surface area (Å²) in [4.78, 5) is 0. The summed E-state index contributed by atoms with van der Waals surface area (Å²) in [6.45, 7) is 13.8. The Balaban J connectivity index is 0.000000171. The van der Waals surface area contributed by atoms with Crippen LogP contribution in [0.5, 0.6) is 0 Å². The van der Waals surface area contributed by atoms with Crippen molar-refractivity contribution in [2.24, 2.45) is 11.8 Å². The Morgan fingerprint density at radius 1 is 1.06 bits per heavy atom. The van der Waals surface area contributed by atoms with Gasteiger partial charge in [0.05, 0.1) is 0 Å². The van der Waals surface area contributed by atoms with Gasteiger partial charge in [0.15, 0.2) is 0 Å². The van der Waals surface area contributed by atoms with Crippen molar-refractivity contribution >= 4 is 0 Å². The molecule has 0 bridgehead atoms. The minimum atomic E-state index is 0.641. The summed E-state index contributed by atoms with van der Waals surface area (Å²) in [5.74, 6) is 1.86. The summed E-state index contributed by atoms with van der Waals surface area (Å²) >= 11 is 0. The lowest BCUT2D eigenvalue weighted by molar-refractivity contribution is 0.344. The van der Waals surface area contributed by atoms with Gasteiger partial charge in [0.1, 0.15) is 0 Å². The number of hydrogen-bond acceptors (Lipinski definition) is 3. The van der Waals surface area contributed by atoms with E-state index in [4.69, 9.17) is 0 Å². The summed E-state index contributed by atoms with van der Waals surface area (Å²) in [5, 5.41) is 10.00. The van der Waals surface area contributed by atoms with Gasteiger partial charge < -0.3 is 16.0 Å².